The highest BCUT2D eigenvalue weighted by Gasteiger charge is 2.09. The fraction of sp³-hybridized carbons (Fsp3) is 0.333. The lowest BCUT2D eigenvalue weighted by Crippen LogP contribution is -2.08. The summed E-state index contributed by atoms with van der Waals surface area (Å²) in [5.41, 5.74) is 7.30. The Bertz CT molecular complexity index is 528. The highest BCUT2D eigenvalue weighted by atomic mass is 16.5. The predicted molar refractivity (Wildman–Crippen MR) is 70.5 cm³/mol. The molecule has 0 atom stereocenters. The van der Waals surface area contributed by atoms with E-state index in [0.717, 1.165) is 5.69 Å². The Morgan fingerprint density at radius 3 is 2.63 bits per heavy atom. The molecule has 0 spiro atoms. The summed E-state index contributed by atoms with van der Waals surface area (Å²) < 4.78 is 15.1. The molecule has 7 nitrogen and oxygen atoms in total. The van der Waals surface area contributed by atoms with Crippen LogP contribution in [0, 0.1) is 0 Å². The van der Waals surface area contributed by atoms with Crippen LogP contribution in [0.2, 0.25) is 0 Å². The Balaban J connectivity index is 2.03. The number of aromatic nitrogens is 2. The van der Waals surface area contributed by atoms with Crippen LogP contribution in [0.1, 0.15) is 5.82 Å². The minimum absolute atomic E-state index is 0.589. The fourth-order valence-electron chi connectivity index (χ4n) is 1.66. The van der Waals surface area contributed by atoms with Crippen LogP contribution in [-0.2, 0) is 6.42 Å². The maximum atomic E-state index is 5.93. The Hall–Kier alpha value is -2.44. The zero-order valence-corrected chi connectivity index (χ0v) is 10.8. The molecule has 0 aliphatic heterocycles. The summed E-state index contributed by atoms with van der Waals surface area (Å²) in [7, 11) is 3.15. The van der Waals surface area contributed by atoms with Crippen LogP contribution in [0.4, 0.5) is 11.4 Å². The van der Waals surface area contributed by atoms with Gasteiger partial charge in [-0.2, -0.15) is 4.98 Å². The molecule has 2 aromatic rings. The van der Waals surface area contributed by atoms with Gasteiger partial charge in [0.05, 0.1) is 25.6 Å². The molecule has 1 heterocycles. The van der Waals surface area contributed by atoms with E-state index in [4.69, 9.17) is 15.2 Å². The average Bonchev–Trinajstić information content (AvgIpc) is 2.93. The molecule has 7 heteroatoms. The van der Waals surface area contributed by atoms with Crippen molar-refractivity contribution in [1.29, 1.82) is 0 Å². The third-order valence-corrected chi connectivity index (χ3v) is 2.63. The first-order valence-corrected chi connectivity index (χ1v) is 5.75. The molecule has 0 amide bonds. The van der Waals surface area contributed by atoms with Crippen molar-refractivity contribution < 1.29 is 14.0 Å². The second kappa shape index (κ2) is 5.94. The van der Waals surface area contributed by atoms with Gasteiger partial charge in [-0.25, -0.2) is 0 Å². The van der Waals surface area contributed by atoms with Gasteiger partial charge < -0.3 is 25.0 Å². The van der Waals surface area contributed by atoms with Gasteiger partial charge in [0.1, 0.15) is 0 Å². The Kier molecular flexibility index (Phi) is 4.07. The lowest BCUT2D eigenvalue weighted by molar-refractivity contribution is 0.355. The third-order valence-electron chi connectivity index (χ3n) is 2.63. The number of anilines is 2. The Morgan fingerprint density at radius 2 is 2.00 bits per heavy atom. The van der Waals surface area contributed by atoms with Gasteiger partial charge in [-0.3, -0.25) is 0 Å². The number of nitrogens with two attached hydrogens (primary N) is 1. The van der Waals surface area contributed by atoms with Gasteiger partial charge in [0.15, 0.2) is 17.3 Å². The zero-order valence-electron chi connectivity index (χ0n) is 10.8. The Morgan fingerprint density at radius 1 is 1.26 bits per heavy atom. The summed E-state index contributed by atoms with van der Waals surface area (Å²) in [5.74, 6) is 1.87. The lowest BCUT2D eigenvalue weighted by atomic mass is 10.2. The normalized spacial score (nSPS) is 10.2. The SMILES string of the molecule is COc1cc(N)c(NCCc2ncon2)cc1OC. The number of nitrogens with one attached hydrogen (secondary N) is 1. The maximum absolute atomic E-state index is 5.93. The molecule has 0 unspecified atom stereocenters. The first kappa shape index (κ1) is 13.0. The van der Waals surface area contributed by atoms with Crippen LogP contribution in [0.25, 0.3) is 0 Å². The number of methoxy groups -OCH3 is 2. The van der Waals surface area contributed by atoms with Crippen LogP contribution < -0.4 is 20.5 Å². The van der Waals surface area contributed by atoms with Crippen molar-refractivity contribution in [2.45, 2.75) is 6.42 Å². The van der Waals surface area contributed by atoms with Gasteiger partial charge in [-0.1, -0.05) is 5.16 Å². The molecule has 1 aromatic carbocycles. The molecule has 1 aromatic heterocycles. The molecule has 2 rings (SSSR count). The summed E-state index contributed by atoms with van der Waals surface area (Å²) in [6.45, 7) is 0.638. The first-order chi connectivity index (χ1) is 9.24. The smallest absolute Gasteiger partial charge is 0.213 e. The molecule has 0 saturated heterocycles. The number of benzene rings is 1. The van der Waals surface area contributed by atoms with Crippen molar-refractivity contribution in [3.63, 3.8) is 0 Å². The number of nitrogens with zero attached hydrogens (tertiary/aromatic N) is 2. The van der Waals surface area contributed by atoms with E-state index in [2.05, 4.69) is 20.0 Å². The van der Waals surface area contributed by atoms with Gasteiger partial charge in [-0.05, 0) is 0 Å². The van der Waals surface area contributed by atoms with Crippen molar-refractivity contribution in [1.82, 2.24) is 10.1 Å². The average molecular weight is 264 g/mol. The van der Waals surface area contributed by atoms with Crippen LogP contribution in [0.5, 0.6) is 11.5 Å². The first-order valence-electron chi connectivity index (χ1n) is 5.75. The number of hydrogen-bond acceptors (Lipinski definition) is 7. The van der Waals surface area contributed by atoms with Crippen molar-refractivity contribution in [2.24, 2.45) is 0 Å². The van der Waals surface area contributed by atoms with Gasteiger partial charge in [0.2, 0.25) is 6.39 Å². The molecule has 0 saturated carbocycles. The molecule has 0 bridgehead atoms. The molecule has 102 valence electrons. The second-order valence-corrected chi connectivity index (χ2v) is 3.82. The molecular weight excluding hydrogens is 248 g/mol. The standard InChI is InChI=1S/C12H16N4O3/c1-17-10-5-8(13)9(6-11(10)18-2)14-4-3-12-15-7-19-16-12/h5-7,14H,3-4,13H2,1-2H3. The van der Waals surface area contributed by atoms with E-state index in [-0.39, 0.29) is 0 Å². The summed E-state index contributed by atoms with van der Waals surface area (Å²) in [4.78, 5) is 3.94. The minimum Gasteiger partial charge on any atom is -0.493 e. The summed E-state index contributed by atoms with van der Waals surface area (Å²) in [6.07, 6.45) is 1.95. The van der Waals surface area contributed by atoms with Gasteiger partial charge in [-0.15, -0.1) is 0 Å². The molecule has 0 radical (unpaired) electrons. The van der Waals surface area contributed by atoms with Crippen LogP contribution in [0.15, 0.2) is 23.0 Å². The molecule has 0 aliphatic carbocycles. The monoisotopic (exact) mass is 264 g/mol. The van der Waals surface area contributed by atoms with E-state index in [9.17, 15) is 0 Å². The quantitative estimate of drug-likeness (QED) is 0.760. The Labute approximate surface area is 110 Å². The van der Waals surface area contributed by atoms with Crippen LogP contribution >= 0.6 is 0 Å². The van der Waals surface area contributed by atoms with Gasteiger partial charge >= 0.3 is 0 Å². The topological polar surface area (TPSA) is 95.4 Å². The number of ether oxygens (including phenoxy) is 2. The molecule has 19 heavy (non-hydrogen) atoms. The van der Waals surface area contributed by atoms with Crippen LogP contribution in [0.3, 0.4) is 0 Å². The lowest BCUT2D eigenvalue weighted by Gasteiger charge is -2.13. The molecule has 3 N–H and O–H groups in total. The van der Waals surface area contributed by atoms with Crippen molar-refractivity contribution >= 4 is 11.4 Å². The summed E-state index contributed by atoms with van der Waals surface area (Å²) >= 11 is 0. The van der Waals surface area contributed by atoms with E-state index in [1.54, 1.807) is 26.4 Å². The van der Waals surface area contributed by atoms with E-state index >= 15 is 0 Å². The van der Waals surface area contributed by atoms with E-state index in [1.807, 2.05) is 0 Å². The van der Waals surface area contributed by atoms with Gasteiger partial charge in [0, 0.05) is 25.1 Å². The van der Waals surface area contributed by atoms with E-state index in [0.29, 0.717) is 36.0 Å². The zero-order chi connectivity index (χ0) is 13.7. The van der Waals surface area contributed by atoms with Crippen molar-refractivity contribution in [3.8, 4) is 11.5 Å². The largest absolute Gasteiger partial charge is 0.493 e. The van der Waals surface area contributed by atoms with E-state index < -0.39 is 0 Å². The second-order valence-electron chi connectivity index (χ2n) is 3.82. The predicted octanol–water partition coefficient (Wildman–Crippen LogP) is 1.32. The van der Waals surface area contributed by atoms with Crippen molar-refractivity contribution in [2.75, 3.05) is 31.8 Å². The maximum Gasteiger partial charge on any atom is 0.213 e. The number of hydrogen-bond donors (Lipinski definition) is 2. The molecule has 0 fully saturated rings. The highest BCUT2D eigenvalue weighted by molar-refractivity contribution is 5.72. The highest BCUT2D eigenvalue weighted by Crippen LogP contribution is 2.34. The summed E-state index contributed by atoms with van der Waals surface area (Å²) in [6, 6.07) is 3.51. The molecule has 0 aliphatic rings. The van der Waals surface area contributed by atoms with E-state index in [1.165, 1.54) is 6.39 Å². The number of nitrogen functional groups attached to an aromatic ring is 1. The number of rotatable bonds is 6. The third kappa shape index (κ3) is 3.06. The van der Waals surface area contributed by atoms with Crippen LogP contribution in [-0.4, -0.2) is 30.9 Å². The fourth-order valence-corrected chi connectivity index (χ4v) is 1.66. The summed E-state index contributed by atoms with van der Waals surface area (Å²) in [5, 5.41) is 6.92. The molecular formula is C12H16N4O3. The minimum atomic E-state index is 0.589. The van der Waals surface area contributed by atoms with Gasteiger partial charge in [0.25, 0.3) is 0 Å². The van der Waals surface area contributed by atoms with Crippen molar-refractivity contribution in [3.05, 3.63) is 24.4 Å².